The van der Waals surface area contributed by atoms with Crippen molar-refractivity contribution in [2.24, 2.45) is 5.73 Å². The van der Waals surface area contributed by atoms with Gasteiger partial charge >= 0.3 is 0 Å². The molecular formula is C10H15N2O2+. The predicted octanol–water partition coefficient (Wildman–Crippen LogP) is -0.637. The minimum absolute atomic E-state index is 0.375. The summed E-state index contributed by atoms with van der Waals surface area (Å²) in [4.78, 5) is 0. The molecule has 0 aliphatic heterocycles. The molecule has 0 atom stereocenters. The first kappa shape index (κ1) is 10.4. The maximum atomic E-state index is 5.42. The zero-order valence-electron chi connectivity index (χ0n) is 8.41. The molecule has 0 heterocycles. The Labute approximate surface area is 83.1 Å². The van der Waals surface area contributed by atoms with Crippen molar-refractivity contribution in [3.63, 3.8) is 0 Å². The van der Waals surface area contributed by atoms with E-state index in [1.54, 1.807) is 20.3 Å². The zero-order chi connectivity index (χ0) is 10.6. The van der Waals surface area contributed by atoms with Crippen molar-refractivity contribution in [3.05, 3.63) is 23.8 Å². The molecule has 0 saturated carbocycles. The van der Waals surface area contributed by atoms with Crippen LogP contribution in [0.5, 0.6) is 11.5 Å². The van der Waals surface area contributed by atoms with Crippen LogP contribution in [-0.2, 0) is 6.42 Å². The Morgan fingerprint density at radius 1 is 1.21 bits per heavy atom. The van der Waals surface area contributed by atoms with Gasteiger partial charge in [-0.2, -0.15) is 0 Å². The highest BCUT2D eigenvalue weighted by Crippen LogP contribution is 2.22. The van der Waals surface area contributed by atoms with Gasteiger partial charge < -0.3 is 9.47 Å². The minimum Gasteiger partial charge on any atom is -0.497 e. The van der Waals surface area contributed by atoms with Gasteiger partial charge in [0.15, 0.2) is 0 Å². The largest absolute Gasteiger partial charge is 0.497 e. The van der Waals surface area contributed by atoms with Crippen LogP contribution in [0.15, 0.2) is 18.2 Å². The van der Waals surface area contributed by atoms with Crippen molar-refractivity contribution in [3.8, 4) is 11.5 Å². The maximum Gasteiger partial charge on any atom is 0.242 e. The molecule has 0 unspecified atom stereocenters. The van der Waals surface area contributed by atoms with E-state index in [0.29, 0.717) is 12.3 Å². The van der Waals surface area contributed by atoms with Crippen molar-refractivity contribution >= 4 is 5.84 Å². The van der Waals surface area contributed by atoms with E-state index in [9.17, 15) is 0 Å². The molecular weight excluding hydrogens is 180 g/mol. The predicted molar refractivity (Wildman–Crippen MR) is 54.4 cm³/mol. The molecule has 0 radical (unpaired) electrons. The molecule has 76 valence electrons. The van der Waals surface area contributed by atoms with Crippen LogP contribution in [0.2, 0.25) is 0 Å². The highest BCUT2D eigenvalue weighted by Gasteiger charge is 2.04. The first-order valence-corrected chi connectivity index (χ1v) is 4.24. The second-order valence-electron chi connectivity index (χ2n) is 2.97. The molecule has 14 heavy (non-hydrogen) atoms. The normalized spacial score (nSPS) is 9.57. The lowest BCUT2D eigenvalue weighted by Crippen LogP contribution is -2.46. The van der Waals surface area contributed by atoms with Crippen molar-refractivity contribution in [2.45, 2.75) is 6.42 Å². The Hall–Kier alpha value is -1.71. The van der Waals surface area contributed by atoms with E-state index >= 15 is 0 Å². The Morgan fingerprint density at radius 3 is 2.07 bits per heavy atom. The first-order valence-electron chi connectivity index (χ1n) is 4.24. The molecule has 0 saturated heterocycles. The SMILES string of the molecule is COc1cc(CC(N)=[NH2+])cc(OC)c1. The summed E-state index contributed by atoms with van der Waals surface area (Å²) in [5.41, 5.74) is 6.39. The van der Waals surface area contributed by atoms with Crippen LogP contribution in [0.3, 0.4) is 0 Å². The summed E-state index contributed by atoms with van der Waals surface area (Å²) >= 11 is 0. The number of amidine groups is 1. The van der Waals surface area contributed by atoms with Gasteiger partial charge in [-0.15, -0.1) is 0 Å². The van der Waals surface area contributed by atoms with Crippen LogP contribution >= 0.6 is 0 Å². The Kier molecular flexibility index (Phi) is 3.34. The summed E-state index contributed by atoms with van der Waals surface area (Å²) < 4.78 is 10.2. The number of methoxy groups -OCH3 is 2. The van der Waals surface area contributed by atoms with Gasteiger partial charge in [0.25, 0.3) is 0 Å². The quantitative estimate of drug-likeness (QED) is 0.496. The average molecular weight is 195 g/mol. The van der Waals surface area contributed by atoms with Gasteiger partial charge in [0, 0.05) is 6.07 Å². The molecule has 0 amide bonds. The molecule has 0 fully saturated rings. The van der Waals surface area contributed by atoms with Crippen LogP contribution < -0.4 is 20.6 Å². The van der Waals surface area contributed by atoms with Gasteiger partial charge in [-0.05, 0) is 17.7 Å². The van der Waals surface area contributed by atoms with Crippen LogP contribution in [-0.4, -0.2) is 20.1 Å². The fourth-order valence-electron chi connectivity index (χ4n) is 1.20. The summed E-state index contributed by atoms with van der Waals surface area (Å²) in [5.74, 6) is 1.85. The van der Waals surface area contributed by atoms with E-state index in [1.807, 2.05) is 12.1 Å². The lowest BCUT2D eigenvalue weighted by atomic mass is 10.1. The van der Waals surface area contributed by atoms with Crippen LogP contribution in [0.25, 0.3) is 0 Å². The lowest BCUT2D eigenvalue weighted by Gasteiger charge is -2.06. The van der Waals surface area contributed by atoms with Gasteiger partial charge in [-0.3, -0.25) is 11.1 Å². The summed E-state index contributed by atoms with van der Waals surface area (Å²) in [7, 11) is 3.21. The van der Waals surface area contributed by atoms with E-state index in [4.69, 9.17) is 20.6 Å². The van der Waals surface area contributed by atoms with Crippen molar-refractivity contribution in [2.75, 3.05) is 14.2 Å². The summed E-state index contributed by atoms with van der Waals surface area (Å²) in [6.07, 6.45) is 0.521. The third kappa shape index (κ3) is 2.65. The molecule has 1 aromatic rings. The molecule has 4 nitrogen and oxygen atoms in total. The first-order chi connectivity index (χ1) is 6.65. The summed E-state index contributed by atoms with van der Waals surface area (Å²) in [6.45, 7) is 0. The van der Waals surface area contributed by atoms with Crippen molar-refractivity contribution < 1.29 is 14.9 Å². The molecule has 4 N–H and O–H groups in total. The van der Waals surface area contributed by atoms with E-state index < -0.39 is 0 Å². The van der Waals surface area contributed by atoms with Crippen LogP contribution in [0.4, 0.5) is 0 Å². The van der Waals surface area contributed by atoms with E-state index in [2.05, 4.69) is 0 Å². The second kappa shape index (κ2) is 4.50. The third-order valence-corrected chi connectivity index (χ3v) is 1.82. The van der Waals surface area contributed by atoms with E-state index in [0.717, 1.165) is 17.1 Å². The van der Waals surface area contributed by atoms with Gasteiger partial charge in [-0.1, -0.05) is 0 Å². The number of rotatable bonds is 4. The average Bonchev–Trinajstić information content (AvgIpc) is 2.16. The molecule has 1 aromatic carbocycles. The number of ether oxygens (including phenoxy) is 2. The van der Waals surface area contributed by atoms with E-state index in [-0.39, 0.29) is 0 Å². The summed E-state index contributed by atoms with van der Waals surface area (Å²) in [5, 5.41) is 5.42. The van der Waals surface area contributed by atoms with Crippen molar-refractivity contribution in [1.82, 2.24) is 0 Å². The fourth-order valence-corrected chi connectivity index (χ4v) is 1.20. The third-order valence-electron chi connectivity index (χ3n) is 1.82. The molecule has 0 aromatic heterocycles. The Morgan fingerprint density at radius 2 is 1.71 bits per heavy atom. The van der Waals surface area contributed by atoms with Gasteiger partial charge in [-0.25, -0.2) is 0 Å². The number of nitrogens with two attached hydrogens (primary N) is 2. The minimum atomic E-state index is 0.375. The second-order valence-corrected chi connectivity index (χ2v) is 2.97. The number of benzene rings is 1. The summed E-state index contributed by atoms with van der Waals surface area (Å²) in [6, 6.07) is 5.56. The number of hydrogen-bond donors (Lipinski definition) is 2. The molecule has 0 bridgehead atoms. The molecule has 0 spiro atoms. The van der Waals surface area contributed by atoms with Crippen LogP contribution in [0.1, 0.15) is 5.56 Å². The molecule has 0 aliphatic rings. The zero-order valence-corrected chi connectivity index (χ0v) is 8.41. The van der Waals surface area contributed by atoms with Gasteiger partial charge in [0.2, 0.25) is 5.84 Å². The Balaban J connectivity index is 2.98. The highest BCUT2D eigenvalue weighted by molar-refractivity contribution is 5.76. The fraction of sp³-hybridized carbons (Fsp3) is 0.300. The van der Waals surface area contributed by atoms with Gasteiger partial charge in [0.1, 0.15) is 11.5 Å². The molecule has 0 aliphatic carbocycles. The lowest BCUT2D eigenvalue weighted by molar-refractivity contribution is -0.117. The van der Waals surface area contributed by atoms with Crippen LogP contribution in [0, 0.1) is 0 Å². The monoisotopic (exact) mass is 195 g/mol. The van der Waals surface area contributed by atoms with E-state index in [1.165, 1.54) is 0 Å². The Bertz CT molecular complexity index is 315. The standard InChI is InChI=1S/C10H14N2O2/c1-13-8-3-7(5-10(11)12)4-9(6-8)14-2/h3-4,6H,5H2,1-2H3,(H3,11,12)/p+1. The topological polar surface area (TPSA) is 70.1 Å². The number of hydrogen-bond acceptors (Lipinski definition) is 2. The van der Waals surface area contributed by atoms with Crippen molar-refractivity contribution in [1.29, 1.82) is 0 Å². The maximum absolute atomic E-state index is 5.42. The van der Waals surface area contributed by atoms with Gasteiger partial charge in [0.05, 0.1) is 20.6 Å². The molecule has 1 rings (SSSR count). The smallest absolute Gasteiger partial charge is 0.242 e. The molecule has 4 heteroatoms. The highest BCUT2D eigenvalue weighted by atomic mass is 16.5.